The number of benzene rings is 6. The van der Waals surface area contributed by atoms with Crippen LogP contribution in [0.15, 0.2) is 127 Å². The van der Waals surface area contributed by atoms with Crippen molar-refractivity contribution in [1.29, 1.82) is 0 Å². The number of fused-ring (bicyclic) bond motifs is 6. The third-order valence-corrected chi connectivity index (χ3v) is 6.77. The van der Waals surface area contributed by atoms with E-state index in [9.17, 15) is 0 Å². The van der Waals surface area contributed by atoms with Gasteiger partial charge in [-0.2, -0.15) is 0 Å². The molecule has 7 aromatic rings. The van der Waals surface area contributed by atoms with Crippen molar-refractivity contribution in [3.05, 3.63) is 127 Å². The quantitative estimate of drug-likeness (QED) is 0.264. The van der Waals surface area contributed by atoms with Crippen molar-refractivity contribution in [2.24, 2.45) is 0 Å². The number of aromatic nitrogens is 1. The zero-order valence-electron chi connectivity index (χ0n) is 18.1. The first-order valence-electron chi connectivity index (χ1n) is 11.4. The molecule has 0 aliphatic carbocycles. The van der Waals surface area contributed by atoms with Crippen LogP contribution in [0.2, 0.25) is 0 Å². The van der Waals surface area contributed by atoms with Gasteiger partial charge < -0.3 is 4.57 Å². The van der Waals surface area contributed by atoms with Crippen molar-refractivity contribution >= 4 is 43.4 Å². The Morgan fingerprint density at radius 3 is 2.03 bits per heavy atom. The molecule has 7 rings (SSSR count). The Morgan fingerprint density at radius 1 is 0.424 bits per heavy atom. The second kappa shape index (κ2) is 7.08. The molecule has 0 N–H and O–H groups in total. The highest BCUT2D eigenvalue weighted by atomic mass is 15.0. The highest BCUT2D eigenvalue weighted by molar-refractivity contribution is 6.22. The molecule has 1 heterocycles. The Hall–Kier alpha value is -4.36. The van der Waals surface area contributed by atoms with Gasteiger partial charge in [0.25, 0.3) is 0 Å². The maximum atomic E-state index is 2.38. The number of hydrogen-bond donors (Lipinski definition) is 0. The van der Waals surface area contributed by atoms with Crippen molar-refractivity contribution in [3.63, 3.8) is 0 Å². The predicted octanol–water partition coefficient (Wildman–Crippen LogP) is 8.76. The van der Waals surface area contributed by atoms with E-state index >= 15 is 0 Å². The lowest BCUT2D eigenvalue weighted by molar-refractivity contribution is 1.18. The Labute approximate surface area is 192 Å². The zero-order chi connectivity index (χ0) is 21.8. The number of nitrogens with zero attached hydrogens (tertiary/aromatic N) is 1. The summed E-state index contributed by atoms with van der Waals surface area (Å²) < 4.78 is 2.38. The molecular weight excluding hydrogens is 398 g/mol. The highest BCUT2D eigenvalue weighted by Gasteiger charge is 2.15. The second-order valence-corrected chi connectivity index (χ2v) is 8.61. The van der Waals surface area contributed by atoms with Crippen LogP contribution in [-0.4, -0.2) is 4.57 Å². The fourth-order valence-corrected chi connectivity index (χ4v) is 5.29. The first-order chi connectivity index (χ1) is 16.4. The number of hydrogen-bond acceptors (Lipinski definition) is 0. The summed E-state index contributed by atoms with van der Waals surface area (Å²) in [5.74, 6) is 0. The van der Waals surface area contributed by atoms with Gasteiger partial charge in [-0.15, -0.1) is 0 Å². The monoisotopic (exact) mass is 419 g/mol. The molecule has 0 radical (unpaired) electrons. The minimum atomic E-state index is 1.19. The van der Waals surface area contributed by atoms with Crippen LogP contribution in [0.4, 0.5) is 0 Å². The van der Waals surface area contributed by atoms with Gasteiger partial charge in [0.2, 0.25) is 0 Å². The van der Waals surface area contributed by atoms with Gasteiger partial charge >= 0.3 is 0 Å². The van der Waals surface area contributed by atoms with Gasteiger partial charge in [0.15, 0.2) is 0 Å². The van der Waals surface area contributed by atoms with E-state index in [1.165, 1.54) is 60.2 Å². The third kappa shape index (κ3) is 2.73. The maximum Gasteiger partial charge on any atom is 0.0547 e. The van der Waals surface area contributed by atoms with Crippen LogP contribution in [0.1, 0.15) is 0 Å². The van der Waals surface area contributed by atoms with Gasteiger partial charge in [0, 0.05) is 16.5 Å². The molecule has 154 valence electrons. The van der Waals surface area contributed by atoms with Gasteiger partial charge in [-0.05, 0) is 63.0 Å². The molecule has 0 spiro atoms. The molecule has 1 aromatic heterocycles. The summed E-state index contributed by atoms with van der Waals surface area (Å²) in [6.45, 7) is 0. The van der Waals surface area contributed by atoms with E-state index in [-0.39, 0.29) is 0 Å². The molecule has 0 saturated carbocycles. The minimum Gasteiger partial charge on any atom is -0.309 e. The summed E-state index contributed by atoms with van der Waals surface area (Å²) >= 11 is 0. The largest absolute Gasteiger partial charge is 0.309 e. The Bertz CT molecular complexity index is 1800. The fraction of sp³-hybridized carbons (Fsp3) is 0. The molecule has 0 atom stereocenters. The zero-order valence-corrected chi connectivity index (χ0v) is 18.1. The van der Waals surface area contributed by atoms with E-state index < -0.39 is 0 Å². The summed E-state index contributed by atoms with van der Waals surface area (Å²) in [5, 5.41) is 7.73. The molecule has 33 heavy (non-hydrogen) atoms. The van der Waals surface area contributed by atoms with Crippen molar-refractivity contribution in [2.75, 3.05) is 0 Å². The SMILES string of the molecule is c1ccc(-n2c3ccccc3c3c4cc(-c5cccc6ccccc56)ccc4ccc32)cc1. The summed E-state index contributed by atoms with van der Waals surface area (Å²) in [4.78, 5) is 0. The molecule has 0 fully saturated rings. The van der Waals surface area contributed by atoms with Crippen LogP contribution in [0.25, 0.3) is 60.2 Å². The van der Waals surface area contributed by atoms with Crippen molar-refractivity contribution in [2.45, 2.75) is 0 Å². The molecule has 0 aliphatic rings. The van der Waals surface area contributed by atoms with Gasteiger partial charge in [-0.25, -0.2) is 0 Å². The molecule has 0 amide bonds. The number of para-hydroxylation sites is 2. The first-order valence-corrected chi connectivity index (χ1v) is 11.4. The smallest absolute Gasteiger partial charge is 0.0547 e. The lowest BCUT2D eigenvalue weighted by Crippen LogP contribution is -1.92. The normalized spacial score (nSPS) is 11.6. The average molecular weight is 420 g/mol. The van der Waals surface area contributed by atoms with Crippen LogP contribution < -0.4 is 0 Å². The highest BCUT2D eigenvalue weighted by Crippen LogP contribution is 2.39. The summed E-state index contributed by atoms with van der Waals surface area (Å²) in [6, 6.07) is 46.0. The Morgan fingerprint density at radius 2 is 1.12 bits per heavy atom. The Balaban J connectivity index is 1.60. The lowest BCUT2D eigenvalue weighted by atomic mass is 9.95. The molecule has 1 nitrogen and oxygen atoms in total. The first kappa shape index (κ1) is 18.2. The standard InChI is InChI=1S/C32H21N/c1-2-11-25(12-3-1)33-30-16-7-6-14-28(30)32-29-21-24(18-17-23(29)19-20-31(32)33)27-15-8-10-22-9-4-5-13-26(22)27/h1-21H. The second-order valence-electron chi connectivity index (χ2n) is 8.61. The average Bonchev–Trinajstić information content (AvgIpc) is 3.23. The van der Waals surface area contributed by atoms with E-state index in [1.54, 1.807) is 0 Å². The third-order valence-electron chi connectivity index (χ3n) is 6.77. The van der Waals surface area contributed by atoms with Gasteiger partial charge in [0.1, 0.15) is 0 Å². The van der Waals surface area contributed by atoms with Crippen LogP contribution in [-0.2, 0) is 0 Å². The van der Waals surface area contributed by atoms with E-state index in [4.69, 9.17) is 0 Å². The summed E-state index contributed by atoms with van der Waals surface area (Å²) in [5.41, 5.74) is 6.20. The van der Waals surface area contributed by atoms with E-state index in [1.807, 2.05) is 0 Å². The van der Waals surface area contributed by atoms with Gasteiger partial charge in [0.05, 0.1) is 11.0 Å². The number of rotatable bonds is 2. The molecular formula is C32H21N. The van der Waals surface area contributed by atoms with Crippen molar-refractivity contribution < 1.29 is 0 Å². The topological polar surface area (TPSA) is 4.93 Å². The molecule has 0 saturated heterocycles. The Kier molecular flexibility index (Phi) is 3.91. The lowest BCUT2D eigenvalue weighted by Gasteiger charge is -2.10. The summed E-state index contributed by atoms with van der Waals surface area (Å²) in [7, 11) is 0. The molecule has 1 heteroatoms. The summed E-state index contributed by atoms with van der Waals surface area (Å²) in [6.07, 6.45) is 0. The van der Waals surface area contributed by atoms with Crippen LogP contribution in [0, 0.1) is 0 Å². The van der Waals surface area contributed by atoms with Crippen LogP contribution in [0.5, 0.6) is 0 Å². The van der Waals surface area contributed by atoms with E-state index in [0.29, 0.717) is 0 Å². The van der Waals surface area contributed by atoms with E-state index in [2.05, 4.69) is 132 Å². The molecule has 6 aromatic carbocycles. The van der Waals surface area contributed by atoms with Crippen LogP contribution in [0.3, 0.4) is 0 Å². The predicted molar refractivity (Wildman–Crippen MR) is 141 cm³/mol. The fourth-order valence-electron chi connectivity index (χ4n) is 5.29. The van der Waals surface area contributed by atoms with Gasteiger partial charge in [-0.3, -0.25) is 0 Å². The minimum absolute atomic E-state index is 1.19. The van der Waals surface area contributed by atoms with Gasteiger partial charge in [-0.1, -0.05) is 97.1 Å². The molecule has 0 unspecified atom stereocenters. The molecule has 0 aliphatic heterocycles. The van der Waals surface area contributed by atoms with E-state index in [0.717, 1.165) is 0 Å². The van der Waals surface area contributed by atoms with Crippen molar-refractivity contribution in [3.8, 4) is 16.8 Å². The van der Waals surface area contributed by atoms with Crippen LogP contribution >= 0.6 is 0 Å². The molecule has 0 bridgehead atoms. The maximum absolute atomic E-state index is 2.38. The van der Waals surface area contributed by atoms with Crippen molar-refractivity contribution in [1.82, 2.24) is 4.57 Å².